The first-order chi connectivity index (χ1) is 18.9. The van der Waals surface area contributed by atoms with E-state index in [9.17, 15) is 0 Å². The summed E-state index contributed by atoms with van der Waals surface area (Å²) in [5.41, 5.74) is 1.14. The van der Waals surface area contributed by atoms with Crippen LogP contribution >= 0.6 is 15.8 Å². The largest absolute Gasteiger partial charge is 1.00 e. The second-order valence-electron chi connectivity index (χ2n) is 14.3. The number of allylic oxidation sites excluding steroid dienone is 1. The van der Waals surface area contributed by atoms with Gasteiger partial charge in [-0.3, -0.25) is 0 Å². The van der Waals surface area contributed by atoms with E-state index in [0.29, 0.717) is 53.7 Å². The van der Waals surface area contributed by atoms with Crippen molar-refractivity contribution in [2.45, 2.75) is 110 Å². The summed E-state index contributed by atoms with van der Waals surface area (Å²) >= 11 is 0. The molecular formula is C35H65ClO4P2Pd-. The van der Waals surface area contributed by atoms with Crippen LogP contribution in [0.2, 0.25) is 0 Å². The van der Waals surface area contributed by atoms with Crippen molar-refractivity contribution in [1.29, 1.82) is 0 Å². The molecular weight excluding hydrogens is 688 g/mol. The summed E-state index contributed by atoms with van der Waals surface area (Å²) in [6, 6.07) is 10.3. The molecule has 1 aromatic carbocycles. The summed E-state index contributed by atoms with van der Waals surface area (Å²) in [4.78, 5) is 0. The van der Waals surface area contributed by atoms with Crippen LogP contribution in [0.3, 0.4) is 0 Å². The Labute approximate surface area is 290 Å². The van der Waals surface area contributed by atoms with Crippen LogP contribution in [-0.2, 0) is 39.4 Å². The van der Waals surface area contributed by atoms with Crippen molar-refractivity contribution in [3.05, 3.63) is 55.5 Å². The number of hydrogen-bond acceptors (Lipinski definition) is 4. The molecule has 0 saturated carbocycles. The molecule has 0 aliphatic carbocycles. The molecule has 8 heteroatoms. The van der Waals surface area contributed by atoms with E-state index in [1.54, 1.807) is 0 Å². The van der Waals surface area contributed by atoms with Gasteiger partial charge in [0.2, 0.25) is 0 Å². The van der Waals surface area contributed by atoms with Crippen LogP contribution in [0.1, 0.15) is 94.8 Å². The van der Waals surface area contributed by atoms with Crippen molar-refractivity contribution in [3.8, 4) is 0 Å². The van der Waals surface area contributed by atoms with Gasteiger partial charge in [-0.25, -0.2) is 0 Å². The van der Waals surface area contributed by atoms with Gasteiger partial charge in [0, 0.05) is 20.4 Å². The van der Waals surface area contributed by atoms with Gasteiger partial charge in [-0.05, 0) is 45.4 Å². The first kappa shape index (κ1) is 48.0. The fraction of sp³-hybridized carbons (Fsp3) is 0.743. The minimum absolute atomic E-state index is 0. The Hall–Kier alpha value is 0.612. The quantitative estimate of drug-likeness (QED) is 0.104. The Morgan fingerprint density at radius 1 is 0.628 bits per heavy atom. The minimum atomic E-state index is -0.139. The molecule has 257 valence electrons. The van der Waals surface area contributed by atoms with E-state index in [2.05, 4.69) is 121 Å². The number of halogens is 1. The smallest absolute Gasteiger partial charge is 0.106 e. The van der Waals surface area contributed by atoms with Gasteiger partial charge in [0.1, 0.15) is 6.10 Å². The first-order valence-electron chi connectivity index (χ1n) is 15.2. The maximum Gasteiger partial charge on any atom is 0.106 e. The molecule has 0 bridgehead atoms. The monoisotopic (exact) mass is 752 g/mol. The third kappa shape index (κ3) is 22.7. The van der Waals surface area contributed by atoms with E-state index < -0.39 is 0 Å². The van der Waals surface area contributed by atoms with E-state index in [-0.39, 0.29) is 54.8 Å². The number of ether oxygens (including phenoxy) is 4. The van der Waals surface area contributed by atoms with Crippen LogP contribution in [0.15, 0.2) is 43.0 Å². The molecule has 1 radical (unpaired) electrons. The second-order valence-corrected chi connectivity index (χ2v) is 22.3. The average Bonchev–Trinajstić information content (AvgIpc) is 2.81. The molecule has 0 heterocycles. The van der Waals surface area contributed by atoms with E-state index in [0.717, 1.165) is 31.1 Å². The van der Waals surface area contributed by atoms with Gasteiger partial charge in [-0.2, -0.15) is 0 Å². The Morgan fingerprint density at radius 3 is 1.35 bits per heavy atom. The standard InChI is InChI=1S/C32H60O4P2.C3H5.ClH.Pd/c1-29(2,3)37(30(4,5)6)24-22-33-18-19-35-26-28(27-16-14-13-15-17-27)36-21-20-34-23-25-38(31(7,8)9)32(10,11)12;1-3-2;;/h13-17,28H,18-26H2,1-12H3;3H,1-2H2;1H;/p-1. The summed E-state index contributed by atoms with van der Waals surface area (Å²) in [6.45, 7) is 39.3. The fourth-order valence-corrected chi connectivity index (χ4v) is 12.7. The Morgan fingerprint density at radius 2 is 0.977 bits per heavy atom. The van der Waals surface area contributed by atoms with Crippen molar-refractivity contribution in [2.75, 3.05) is 58.6 Å². The van der Waals surface area contributed by atoms with Crippen molar-refractivity contribution < 1.29 is 51.8 Å². The molecule has 0 fully saturated rings. The predicted molar refractivity (Wildman–Crippen MR) is 186 cm³/mol. The van der Waals surface area contributed by atoms with Gasteiger partial charge in [0.15, 0.2) is 0 Å². The van der Waals surface area contributed by atoms with Gasteiger partial charge < -0.3 is 31.4 Å². The summed E-state index contributed by atoms with van der Waals surface area (Å²) in [7, 11) is -0.271. The van der Waals surface area contributed by atoms with Crippen LogP contribution in [0.5, 0.6) is 0 Å². The van der Waals surface area contributed by atoms with Gasteiger partial charge in [0.05, 0.1) is 46.2 Å². The zero-order chi connectivity index (χ0) is 31.7. The SMILES string of the molecule is CC(C)(C)P(CCOCCOCC(OCCOCCP(C(C)(C)C)C(C)(C)C)c1ccccc1)C(C)(C)C.[CH2]C=C.[Cl-].[Pd]. The van der Waals surface area contributed by atoms with Gasteiger partial charge in [-0.1, -0.05) is 135 Å². The Bertz CT molecular complexity index is 771. The molecule has 43 heavy (non-hydrogen) atoms. The molecule has 1 unspecified atom stereocenters. The Kier molecular flexibility index (Phi) is 26.6. The molecule has 1 aromatic rings. The summed E-state index contributed by atoms with van der Waals surface area (Å²) in [5, 5.41) is 1.32. The Balaban J connectivity index is -0.00000306. The number of hydrogen-bond donors (Lipinski definition) is 0. The zero-order valence-electron chi connectivity index (χ0n) is 29.5. The van der Waals surface area contributed by atoms with Crippen LogP contribution in [0, 0.1) is 6.92 Å². The molecule has 0 amide bonds. The van der Waals surface area contributed by atoms with Crippen molar-refractivity contribution in [3.63, 3.8) is 0 Å². The third-order valence-electron chi connectivity index (χ3n) is 6.52. The molecule has 0 aromatic heterocycles. The zero-order valence-corrected chi connectivity index (χ0v) is 33.6. The summed E-state index contributed by atoms with van der Waals surface area (Å²) < 4.78 is 24.2. The van der Waals surface area contributed by atoms with Crippen molar-refractivity contribution >= 4 is 15.8 Å². The van der Waals surface area contributed by atoms with E-state index in [4.69, 9.17) is 18.9 Å². The maximum atomic E-state index is 6.22. The normalized spacial score (nSPS) is 13.1. The van der Waals surface area contributed by atoms with Crippen LogP contribution in [0.4, 0.5) is 0 Å². The molecule has 0 saturated heterocycles. The average molecular weight is 754 g/mol. The molecule has 1 atom stereocenters. The summed E-state index contributed by atoms with van der Waals surface area (Å²) in [6.07, 6.45) is 3.66. The van der Waals surface area contributed by atoms with E-state index in [1.807, 2.05) is 6.07 Å². The maximum absolute atomic E-state index is 6.22. The van der Waals surface area contributed by atoms with Crippen LogP contribution in [0.25, 0.3) is 0 Å². The van der Waals surface area contributed by atoms with Crippen LogP contribution in [-0.4, -0.2) is 79.2 Å². The van der Waals surface area contributed by atoms with Crippen molar-refractivity contribution in [1.82, 2.24) is 0 Å². The molecule has 4 nitrogen and oxygen atoms in total. The van der Waals surface area contributed by atoms with Crippen LogP contribution < -0.4 is 12.4 Å². The second kappa shape index (κ2) is 23.9. The topological polar surface area (TPSA) is 36.9 Å². The third-order valence-corrected chi connectivity index (χ3v) is 14.3. The van der Waals surface area contributed by atoms with Gasteiger partial charge in [0.25, 0.3) is 0 Å². The predicted octanol–water partition coefficient (Wildman–Crippen LogP) is 6.96. The molecule has 0 aliphatic heterocycles. The van der Waals surface area contributed by atoms with Crippen molar-refractivity contribution in [2.24, 2.45) is 0 Å². The summed E-state index contributed by atoms with van der Waals surface area (Å²) in [5.74, 6) is 0. The molecule has 0 spiro atoms. The molecule has 1 rings (SSSR count). The van der Waals surface area contributed by atoms with Gasteiger partial charge in [-0.15, -0.1) is 6.58 Å². The minimum Gasteiger partial charge on any atom is -1.00 e. The first-order valence-corrected chi connectivity index (χ1v) is 18.3. The molecule has 0 aliphatic rings. The van der Waals surface area contributed by atoms with E-state index >= 15 is 0 Å². The fourth-order valence-electron chi connectivity index (χ4n) is 5.34. The number of rotatable bonds is 16. The van der Waals surface area contributed by atoms with E-state index in [1.165, 1.54) is 6.08 Å². The molecule has 0 N–H and O–H groups in total. The number of benzene rings is 1. The van der Waals surface area contributed by atoms with Gasteiger partial charge >= 0.3 is 0 Å².